The number of nitrogens with one attached hydrogen (secondary N) is 1. The van der Waals surface area contributed by atoms with Crippen molar-refractivity contribution in [1.29, 1.82) is 0 Å². The van der Waals surface area contributed by atoms with Crippen LogP contribution in [0.1, 0.15) is 23.3 Å². The summed E-state index contributed by atoms with van der Waals surface area (Å²) >= 11 is 5.72. The number of aryl methyl sites for hydroxylation is 1. The van der Waals surface area contributed by atoms with Crippen LogP contribution < -0.4 is 19.7 Å². The lowest BCUT2D eigenvalue weighted by Gasteiger charge is -2.27. The molecule has 0 saturated carbocycles. The summed E-state index contributed by atoms with van der Waals surface area (Å²) in [5, 5.41) is 4.12. The number of hydrogen-bond acceptors (Lipinski definition) is 4. The first-order valence-corrected chi connectivity index (χ1v) is 9.14. The van der Waals surface area contributed by atoms with Crippen LogP contribution in [0.4, 0.5) is 5.69 Å². The van der Waals surface area contributed by atoms with E-state index in [4.69, 9.17) is 21.7 Å². The van der Waals surface area contributed by atoms with Crippen molar-refractivity contribution in [3.63, 3.8) is 0 Å². The summed E-state index contributed by atoms with van der Waals surface area (Å²) in [6.07, 6.45) is 5.98. The van der Waals surface area contributed by atoms with Gasteiger partial charge in [0.2, 0.25) is 6.79 Å². The normalized spacial score (nSPS) is 20.8. The lowest BCUT2D eigenvalue weighted by atomic mass is 9.98. The molecule has 0 spiro atoms. The van der Waals surface area contributed by atoms with Gasteiger partial charge in [0.15, 0.2) is 16.6 Å². The van der Waals surface area contributed by atoms with Crippen LogP contribution in [0.5, 0.6) is 11.5 Å². The quantitative estimate of drug-likeness (QED) is 0.706. The molecule has 4 heterocycles. The third kappa shape index (κ3) is 2.71. The average molecular weight is 378 g/mol. The van der Waals surface area contributed by atoms with Gasteiger partial charge in [-0.15, -0.1) is 0 Å². The van der Waals surface area contributed by atoms with Crippen molar-refractivity contribution in [1.82, 2.24) is 14.9 Å². The van der Waals surface area contributed by atoms with Crippen molar-refractivity contribution in [3.05, 3.63) is 72.3 Å². The fourth-order valence-electron chi connectivity index (χ4n) is 3.71. The van der Waals surface area contributed by atoms with E-state index in [1.54, 1.807) is 0 Å². The Kier molecular flexibility index (Phi) is 3.75. The zero-order chi connectivity index (χ0) is 18.4. The van der Waals surface area contributed by atoms with Crippen molar-refractivity contribution in [2.75, 3.05) is 11.7 Å². The molecule has 27 heavy (non-hydrogen) atoms. The van der Waals surface area contributed by atoms with Crippen molar-refractivity contribution in [3.8, 4) is 11.5 Å². The van der Waals surface area contributed by atoms with Gasteiger partial charge >= 0.3 is 0 Å². The first-order valence-electron chi connectivity index (χ1n) is 8.73. The molecular weight excluding hydrogens is 360 g/mol. The van der Waals surface area contributed by atoms with Gasteiger partial charge < -0.3 is 24.3 Å². The highest BCUT2D eigenvalue weighted by Gasteiger charge is 2.41. The van der Waals surface area contributed by atoms with E-state index in [0.717, 1.165) is 28.4 Å². The van der Waals surface area contributed by atoms with E-state index in [1.165, 1.54) is 0 Å². The minimum atomic E-state index is -0.0495. The number of aromatic nitrogens is 2. The predicted molar refractivity (Wildman–Crippen MR) is 106 cm³/mol. The molecule has 3 aromatic rings. The molecule has 2 aliphatic rings. The van der Waals surface area contributed by atoms with Crippen LogP contribution in [0.2, 0.25) is 0 Å². The smallest absolute Gasteiger partial charge is 0.231 e. The maximum Gasteiger partial charge on any atom is 0.231 e. The Bertz CT molecular complexity index is 1000. The molecule has 0 unspecified atom stereocenters. The van der Waals surface area contributed by atoms with Gasteiger partial charge in [-0.3, -0.25) is 4.98 Å². The van der Waals surface area contributed by atoms with Gasteiger partial charge in [0.05, 0.1) is 17.8 Å². The second-order valence-corrected chi connectivity index (χ2v) is 7.03. The maximum absolute atomic E-state index is 5.72. The van der Waals surface area contributed by atoms with E-state index in [-0.39, 0.29) is 18.9 Å². The molecule has 6 nitrogen and oxygen atoms in total. The molecule has 0 aliphatic carbocycles. The van der Waals surface area contributed by atoms with Gasteiger partial charge in [-0.1, -0.05) is 6.07 Å². The maximum atomic E-state index is 5.72. The van der Waals surface area contributed by atoms with Gasteiger partial charge in [0.25, 0.3) is 0 Å². The molecule has 0 amide bonds. The molecule has 7 heteroatoms. The molecule has 136 valence electrons. The number of thiocarbonyl (C=S) groups is 1. The largest absolute Gasteiger partial charge is 0.454 e. The number of fused-ring (bicyclic) bond motifs is 1. The predicted octanol–water partition coefficient (Wildman–Crippen LogP) is 3.33. The highest BCUT2D eigenvalue weighted by atomic mass is 32.1. The summed E-state index contributed by atoms with van der Waals surface area (Å²) < 4.78 is 13.1. The lowest BCUT2D eigenvalue weighted by Crippen LogP contribution is -2.29. The van der Waals surface area contributed by atoms with Gasteiger partial charge in [-0.2, -0.15) is 0 Å². The summed E-state index contributed by atoms with van der Waals surface area (Å²) in [5.74, 6) is 1.50. The summed E-state index contributed by atoms with van der Waals surface area (Å²) in [5.41, 5.74) is 3.08. The molecule has 5 rings (SSSR count). The molecule has 1 N–H and O–H groups in total. The Hall–Kier alpha value is -3.06. The molecule has 2 aliphatic heterocycles. The number of anilines is 1. The lowest BCUT2D eigenvalue weighted by molar-refractivity contribution is 0.174. The fraction of sp³-hybridized carbons (Fsp3) is 0.200. The Balaban J connectivity index is 1.61. The van der Waals surface area contributed by atoms with Gasteiger partial charge in [-0.25, -0.2) is 0 Å². The molecule has 1 saturated heterocycles. The van der Waals surface area contributed by atoms with Crippen LogP contribution in [-0.2, 0) is 7.05 Å². The molecule has 2 aromatic heterocycles. The second kappa shape index (κ2) is 6.28. The third-order valence-electron chi connectivity index (χ3n) is 4.93. The molecule has 2 atom stereocenters. The van der Waals surface area contributed by atoms with Gasteiger partial charge in [0, 0.05) is 37.4 Å². The summed E-state index contributed by atoms with van der Waals surface area (Å²) in [6, 6.07) is 13.9. The zero-order valence-electron chi connectivity index (χ0n) is 14.7. The van der Waals surface area contributed by atoms with E-state index in [0.29, 0.717) is 5.11 Å². The Labute approximate surface area is 162 Å². The number of nitrogens with zero attached hydrogens (tertiary/aromatic N) is 3. The molecule has 1 fully saturated rings. The van der Waals surface area contributed by atoms with E-state index in [9.17, 15) is 0 Å². The topological polar surface area (TPSA) is 51.6 Å². The van der Waals surface area contributed by atoms with Gasteiger partial charge in [0.1, 0.15) is 0 Å². The second-order valence-electron chi connectivity index (χ2n) is 6.64. The molecular formula is C20H18N4O2S. The third-order valence-corrected chi connectivity index (χ3v) is 5.24. The number of ether oxygens (including phenoxy) is 2. The fourth-order valence-corrected chi connectivity index (χ4v) is 4.05. The number of rotatable bonds is 3. The first kappa shape index (κ1) is 16.1. The Morgan fingerprint density at radius 2 is 2.04 bits per heavy atom. The van der Waals surface area contributed by atoms with Gasteiger partial charge in [-0.05, 0) is 48.1 Å². The highest BCUT2D eigenvalue weighted by molar-refractivity contribution is 7.80. The number of benzene rings is 1. The van der Waals surface area contributed by atoms with Crippen LogP contribution >= 0.6 is 12.2 Å². The minimum absolute atomic E-state index is 0.0195. The summed E-state index contributed by atoms with van der Waals surface area (Å²) in [7, 11) is 2.02. The average Bonchev–Trinajstić information content (AvgIpc) is 3.39. The summed E-state index contributed by atoms with van der Waals surface area (Å²) in [6.45, 7) is 0.250. The van der Waals surface area contributed by atoms with E-state index >= 15 is 0 Å². The number of pyridine rings is 1. The van der Waals surface area contributed by atoms with Crippen LogP contribution in [0.25, 0.3) is 0 Å². The van der Waals surface area contributed by atoms with Crippen LogP contribution in [0.15, 0.2) is 61.1 Å². The SMILES string of the molecule is Cn1ccc([C@H]2[C@@H](c3ccccn3)NC(=S)N2c2ccc3c(c2)OCO3)c1. The molecule has 1 aromatic carbocycles. The van der Waals surface area contributed by atoms with Crippen LogP contribution in [0.3, 0.4) is 0 Å². The Morgan fingerprint density at radius 3 is 2.81 bits per heavy atom. The summed E-state index contributed by atoms with van der Waals surface area (Å²) in [4.78, 5) is 6.69. The monoisotopic (exact) mass is 378 g/mol. The first-order chi connectivity index (χ1) is 13.2. The van der Waals surface area contributed by atoms with Crippen molar-refractivity contribution in [2.24, 2.45) is 7.05 Å². The van der Waals surface area contributed by atoms with Crippen LogP contribution in [0, 0.1) is 0 Å². The minimum Gasteiger partial charge on any atom is -0.454 e. The van der Waals surface area contributed by atoms with Crippen LogP contribution in [-0.4, -0.2) is 21.5 Å². The van der Waals surface area contributed by atoms with Crippen molar-refractivity contribution < 1.29 is 9.47 Å². The standard InChI is InChI=1S/C20H18N4O2S/c1-23-9-7-13(11-23)19-18(15-4-2-3-8-21-15)22-20(27)24(19)14-5-6-16-17(10-14)26-12-25-16/h2-11,18-19H,12H2,1H3,(H,22,27)/t18-,19+/m1/s1. The van der Waals surface area contributed by atoms with E-state index in [1.807, 2.05) is 60.4 Å². The molecule has 0 radical (unpaired) electrons. The van der Waals surface area contributed by atoms with E-state index < -0.39 is 0 Å². The zero-order valence-corrected chi connectivity index (χ0v) is 15.5. The van der Waals surface area contributed by atoms with Crippen molar-refractivity contribution in [2.45, 2.75) is 12.1 Å². The molecule has 0 bridgehead atoms. The Morgan fingerprint density at radius 1 is 1.15 bits per heavy atom. The highest BCUT2D eigenvalue weighted by Crippen LogP contribution is 2.44. The number of hydrogen-bond donors (Lipinski definition) is 1. The van der Waals surface area contributed by atoms with Crippen molar-refractivity contribution >= 4 is 23.0 Å². The van der Waals surface area contributed by atoms with E-state index in [2.05, 4.69) is 27.5 Å².